The van der Waals surface area contributed by atoms with Crippen LogP contribution in [-0.2, 0) is 4.74 Å². The Morgan fingerprint density at radius 3 is 2.00 bits per heavy atom. The van der Waals surface area contributed by atoms with E-state index in [9.17, 15) is 0 Å². The van der Waals surface area contributed by atoms with Crippen molar-refractivity contribution in [1.82, 2.24) is 0 Å². The highest BCUT2D eigenvalue weighted by atomic mass is 16.5. The zero-order valence-electron chi connectivity index (χ0n) is 13.8. The highest BCUT2D eigenvalue weighted by Gasteiger charge is 2.06. The van der Waals surface area contributed by atoms with Crippen molar-refractivity contribution in [1.29, 1.82) is 0 Å². The molecule has 0 radical (unpaired) electrons. The van der Waals surface area contributed by atoms with E-state index in [1.165, 1.54) is 23.1 Å². The number of benzene rings is 2. The second-order valence-corrected chi connectivity index (χ2v) is 5.45. The van der Waals surface area contributed by atoms with Gasteiger partial charge in [0.2, 0.25) is 0 Å². The maximum Gasteiger partial charge on any atom is 0.119 e. The molecule has 0 N–H and O–H groups in total. The number of hydrogen-bond acceptors (Lipinski definition) is 2. The molecule has 0 spiro atoms. The normalized spacial score (nSPS) is 12.1. The molecular formula is C20H26O2. The van der Waals surface area contributed by atoms with E-state index in [0.717, 1.165) is 18.8 Å². The summed E-state index contributed by atoms with van der Waals surface area (Å²) in [5, 5.41) is 0. The first kappa shape index (κ1) is 16.6. The molecule has 2 rings (SSSR count). The number of rotatable bonds is 8. The van der Waals surface area contributed by atoms with Crippen LogP contribution >= 0.6 is 0 Å². The van der Waals surface area contributed by atoms with Gasteiger partial charge in [0, 0.05) is 6.61 Å². The van der Waals surface area contributed by atoms with E-state index >= 15 is 0 Å². The third-order valence-electron chi connectivity index (χ3n) is 3.74. The second kappa shape index (κ2) is 8.60. The van der Waals surface area contributed by atoms with Crippen LogP contribution in [0.1, 0.15) is 45.3 Å². The summed E-state index contributed by atoms with van der Waals surface area (Å²) in [6.45, 7) is 7.82. The van der Waals surface area contributed by atoms with E-state index in [0.29, 0.717) is 6.61 Å². The highest BCUT2D eigenvalue weighted by Crippen LogP contribution is 2.25. The van der Waals surface area contributed by atoms with Crippen molar-refractivity contribution >= 4 is 0 Å². The van der Waals surface area contributed by atoms with E-state index < -0.39 is 0 Å². The molecule has 22 heavy (non-hydrogen) atoms. The summed E-state index contributed by atoms with van der Waals surface area (Å²) >= 11 is 0. The lowest BCUT2D eigenvalue weighted by Gasteiger charge is -2.14. The molecule has 0 heterocycles. The van der Waals surface area contributed by atoms with E-state index in [1.807, 2.05) is 19.1 Å². The smallest absolute Gasteiger partial charge is 0.119 e. The van der Waals surface area contributed by atoms with Gasteiger partial charge in [-0.3, -0.25) is 0 Å². The van der Waals surface area contributed by atoms with Crippen LogP contribution < -0.4 is 4.74 Å². The van der Waals surface area contributed by atoms with Crippen LogP contribution in [-0.4, -0.2) is 13.2 Å². The molecule has 0 amide bonds. The van der Waals surface area contributed by atoms with Crippen molar-refractivity contribution in [3.63, 3.8) is 0 Å². The molecule has 0 aliphatic heterocycles. The van der Waals surface area contributed by atoms with Crippen LogP contribution in [0.3, 0.4) is 0 Å². The van der Waals surface area contributed by atoms with Gasteiger partial charge >= 0.3 is 0 Å². The van der Waals surface area contributed by atoms with Crippen LogP contribution in [0.15, 0.2) is 48.5 Å². The first-order valence-corrected chi connectivity index (χ1v) is 8.19. The maximum atomic E-state index is 5.84. The predicted octanol–water partition coefficient (Wildman–Crippen LogP) is 5.63. The largest absolute Gasteiger partial charge is 0.494 e. The molecule has 118 valence electrons. The number of ether oxygens (including phenoxy) is 2. The zero-order valence-corrected chi connectivity index (χ0v) is 13.8. The van der Waals surface area contributed by atoms with Gasteiger partial charge < -0.3 is 9.47 Å². The van der Waals surface area contributed by atoms with Gasteiger partial charge in [-0.15, -0.1) is 0 Å². The first-order valence-electron chi connectivity index (χ1n) is 8.19. The Labute approximate surface area is 134 Å². The fraction of sp³-hybridized carbons (Fsp3) is 0.400. The molecule has 0 aliphatic rings. The molecule has 1 atom stereocenters. The molecule has 0 saturated carbocycles. The minimum atomic E-state index is 0.154. The summed E-state index contributed by atoms with van der Waals surface area (Å²) in [5.41, 5.74) is 3.65. The van der Waals surface area contributed by atoms with Crippen LogP contribution in [0.4, 0.5) is 0 Å². The van der Waals surface area contributed by atoms with Gasteiger partial charge in [0.15, 0.2) is 0 Å². The maximum absolute atomic E-state index is 5.84. The van der Waals surface area contributed by atoms with Crippen LogP contribution in [0, 0.1) is 0 Å². The van der Waals surface area contributed by atoms with Crippen LogP contribution in [0.2, 0.25) is 0 Å². The lowest BCUT2D eigenvalue weighted by Crippen LogP contribution is -2.01. The Bertz CT molecular complexity index is 543. The molecule has 0 fully saturated rings. The van der Waals surface area contributed by atoms with Gasteiger partial charge in [-0.05, 0) is 49.1 Å². The SMILES string of the molecule is CCCCOC(C)c1ccc(-c2ccc(OCC)cc2)cc1. The summed E-state index contributed by atoms with van der Waals surface area (Å²) in [4.78, 5) is 0. The topological polar surface area (TPSA) is 18.5 Å². The summed E-state index contributed by atoms with van der Waals surface area (Å²) in [7, 11) is 0. The Balaban J connectivity index is 2.01. The molecule has 0 saturated heterocycles. The molecule has 0 aromatic heterocycles. The quantitative estimate of drug-likeness (QED) is 0.588. The Kier molecular flexibility index (Phi) is 6.47. The van der Waals surface area contributed by atoms with Crippen molar-refractivity contribution in [2.24, 2.45) is 0 Å². The van der Waals surface area contributed by atoms with Gasteiger partial charge in [-0.2, -0.15) is 0 Å². The van der Waals surface area contributed by atoms with Crippen molar-refractivity contribution < 1.29 is 9.47 Å². The summed E-state index contributed by atoms with van der Waals surface area (Å²) in [6, 6.07) is 16.9. The van der Waals surface area contributed by atoms with E-state index in [4.69, 9.17) is 9.47 Å². The monoisotopic (exact) mass is 298 g/mol. The number of hydrogen-bond donors (Lipinski definition) is 0. The highest BCUT2D eigenvalue weighted by molar-refractivity contribution is 5.64. The van der Waals surface area contributed by atoms with Gasteiger partial charge in [-0.25, -0.2) is 0 Å². The minimum absolute atomic E-state index is 0.154. The van der Waals surface area contributed by atoms with Crippen molar-refractivity contribution in [3.05, 3.63) is 54.1 Å². The Hall–Kier alpha value is -1.80. The Morgan fingerprint density at radius 2 is 1.45 bits per heavy atom. The standard InChI is InChI=1S/C20H26O2/c1-4-6-15-22-16(3)17-7-9-18(10-8-17)19-11-13-20(14-12-19)21-5-2/h7-14,16H,4-6,15H2,1-3H3. The molecule has 2 aromatic carbocycles. The fourth-order valence-corrected chi connectivity index (χ4v) is 2.36. The zero-order chi connectivity index (χ0) is 15.8. The van der Waals surface area contributed by atoms with E-state index in [-0.39, 0.29) is 6.10 Å². The van der Waals surface area contributed by atoms with E-state index in [1.54, 1.807) is 0 Å². The average molecular weight is 298 g/mol. The van der Waals surface area contributed by atoms with Crippen molar-refractivity contribution in [3.8, 4) is 16.9 Å². The molecule has 2 heteroatoms. The third-order valence-corrected chi connectivity index (χ3v) is 3.74. The van der Waals surface area contributed by atoms with Gasteiger partial charge in [-0.1, -0.05) is 49.7 Å². The predicted molar refractivity (Wildman–Crippen MR) is 92.3 cm³/mol. The summed E-state index contributed by atoms with van der Waals surface area (Å²) in [6.07, 6.45) is 2.44. The van der Waals surface area contributed by atoms with Crippen molar-refractivity contribution in [2.45, 2.75) is 39.7 Å². The van der Waals surface area contributed by atoms with Crippen LogP contribution in [0.25, 0.3) is 11.1 Å². The van der Waals surface area contributed by atoms with Gasteiger partial charge in [0.05, 0.1) is 12.7 Å². The second-order valence-electron chi connectivity index (χ2n) is 5.45. The number of unbranched alkanes of at least 4 members (excludes halogenated alkanes) is 1. The Morgan fingerprint density at radius 1 is 0.864 bits per heavy atom. The molecular weight excluding hydrogens is 272 g/mol. The summed E-state index contributed by atoms with van der Waals surface area (Å²) < 4.78 is 11.3. The van der Waals surface area contributed by atoms with Gasteiger partial charge in [0.25, 0.3) is 0 Å². The molecule has 0 aliphatic carbocycles. The molecule has 0 bridgehead atoms. The van der Waals surface area contributed by atoms with E-state index in [2.05, 4.69) is 50.2 Å². The summed E-state index contributed by atoms with van der Waals surface area (Å²) in [5.74, 6) is 0.917. The lowest BCUT2D eigenvalue weighted by molar-refractivity contribution is 0.0637. The average Bonchev–Trinajstić information content (AvgIpc) is 2.56. The van der Waals surface area contributed by atoms with Crippen LogP contribution in [0.5, 0.6) is 5.75 Å². The molecule has 2 nitrogen and oxygen atoms in total. The van der Waals surface area contributed by atoms with Crippen molar-refractivity contribution in [2.75, 3.05) is 13.2 Å². The molecule has 2 aromatic rings. The lowest BCUT2D eigenvalue weighted by atomic mass is 10.0. The molecule has 1 unspecified atom stereocenters. The van der Waals surface area contributed by atoms with Gasteiger partial charge in [0.1, 0.15) is 5.75 Å². The fourth-order valence-electron chi connectivity index (χ4n) is 2.36. The third kappa shape index (κ3) is 4.60. The minimum Gasteiger partial charge on any atom is -0.494 e. The first-order chi connectivity index (χ1) is 10.7.